The minimum absolute atomic E-state index is 0.470. The summed E-state index contributed by atoms with van der Waals surface area (Å²) in [5.74, 6) is 1.05. The van der Waals surface area contributed by atoms with E-state index >= 15 is 0 Å². The van der Waals surface area contributed by atoms with E-state index in [2.05, 4.69) is 74.2 Å². The van der Waals surface area contributed by atoms with E-state index in [1.807, 2.05) is 0 Å². The van der Waals surface area contributed by atoms with Gasteiger partial charge in [-0.25, -0.2) is 0 Å². The normalized spacial score (nSPS) is 21.9. The molecule has 1 heterocycles. The maximum Gasteiger partial charge on any atom is 0.125 e. The third kappa shape index (κ3) is 3.11. The van der Waals surface area contributed by atoms with Crippen molar-refractivity contribution in [1.29, 1.82) is 0 Å². The average molecular weight is 281 g/mol. The molecule has 0 radical (unpaired) electrons. The van der Waals surface area contributed by atoms with Crippen LogP contribution in [-0.2, 0) is 0 Å². The van der Waals surface area contributed by atoms with Gasteiger partial charge in [0.25, 0.3) is 0 Å². The largest absolute Gasteiger partial charge is 0.491 e. The van der Waals surface area contributed by atoms with Gasteiger partial charge in [0, 0.05) is 12.6 Å². The summed E-state index contributed by atoms with van der Waals surface area (Å²) < 4.78 is 6.07. The van der Waals surface area contributed by atoms with Crippen LogP contribution < -0.4 is 4.74 Å². The van der Waals surface area contributed by atoms with Crippen molar-refractivity contribution in [1.82, 2.24) is 4.90 Å². The van der Waals surface area contributed by atoms with Gasteiger partial charge in [-0.2, -0.15) is 0 Å². The van der Waals surface area contributed by atoms with Gasteiger partial charge in [-0.15, -0.1) is 0 Å². The summed E-state index contributed by atoms with van der Waals surface area (Å²) in [5.41, 5.74) is 3.82. The van der Waals surface area contributed by atoms with Gasteiger partial charge in [0.05, 0.1) is 6.04 Å². The zero-order valence-electron chi connectivity index (χ0n) is 13.0. The van der Waals surface area contributed by atoms with Crippen LogP contribution in [0.1, 0.15) is 29.7 Å². The van der Waals surface area contributed by atoms with Gasteiger partial charge in [0.15, 0.2) is 0 Å². The summed E-state index contributed by atoms with van der Waals surface area (Å²) in [4.78, 5) is 2.49. The third-order valence-electron chi connectivity index (χ3n) is 4.37. The van der Waals surface area contributed by atoms with Crippen LogP contribution in [0.25, 0.3) is 0 Å². The number of hydrogen-bond acceptors (Lipinski definition) is 2. The van der Waals surface area contributed by atoms with Crippen molar-refractivity contribution in [2.75, 3.05) is 13.2 Å². The molecule has 0 spiro atoms. The molecule has 3 rings (SSSR count). The van der Waals surface area contributed by atoms with E-state index in [4.69, 9.17) is 4.74 Å². The minimum atomic E-state index is 0.470. The lowest BCUT2D eigenvalue weighted by atomic mass is 10.1. The fraction of sp³-hybridized carbons (Fsp3) is 0.368. The topological polar surface area (TPSA) is 12.2 Å². The lowest BCUT2D eigenvalue weighted by molar-refractivity contribution is 0.276. The number of para-hydroxylation sites is 1. The van der Waals surface area contributed by atoms with Gasteiger partial charge >= 0.3 is 0 Å². The quantitative estimate of drug-likeness (QED) is 0.764. The molecule has 2 nitrogen and oxygen atoms in total. The molecule has 1 aliphatic rings. The van der Waals surface area contributed by atoms with Crippen molar-refractivity contribution in [3.8, 4) is 5.75 Å². The maximum atomic E-state index is 6.07. The van der Waals surface area contributed by atoms with E-state index in [1.165, 1.54) is 16.7 Å². The predicted molar refractivity (Wildman–Crippen MR) is 86.8 cm³/mol. The smallest absolute Gasteiger partial charge is 0.125 e. The van der Waals surface area contributed by atoms with Crippen molar-refractivity contribution in [3.63, 3.8) is 0 Å². The Morgan fingerprint density at radius 3 is 2.38 bits per heavy atom. The number of hydrogen-bond donors (Lipinski definition) is 0. The van der Waals surface area contributed by atoms with E-state index in [1.54, 1.807) is 0 Å². The summed E-state index contributed by atoms with van der Waals surface area (Å²) in [6, 6.07) is 18.0. The number of benzene rings is 2. The second-order valence-corrected chi connectivity index (χ2v) is 5.97. The van der Waals surface area contributed by atoms with Crippen LogP contribution in [-0.4, -0.2) is 24.1 Å². The Morgan fingerprint density at radius 1 is 1.05 bits per heavy atom. The van der Waals surface area contributed by atoms with Crippen LogP contribution in [0.3, 0.4) is 0 Å². The molecule has 1 unspecified atom stereocenters. The number of rotatable bonds is 5. The van der Waals surface area contributed by atoms with Crippen LogP contribution >= 0.6 is 0 Å². The van der Waals surface area contributed by atoms with Crippen molar-refractivity contribution in [2.24, 2.45) is 0 Å². The first kappa shape index (κ1) is 14.2. The van der Waals surface area contributed by atoms with Gasteiger partial charge < -0.3 is 4.74 Å². The molecule has 1 aliphatic heterocycles. The highest BCUT2D eigenvalue weighted by Crippen LogP contribution is 2.32. The van der Waals surface area contributed by atoms with Gasteiger partial charge in [-0.1, -0.05) is 48.5 Å². The van der Waals surface area contributed by atoms with E-state index in [-0.39, 0.29) is 0 Å². The monoisotopic (exact) mass is 281 g/mol. The Labute approximate surface area is 127 Å². The first-order chi connectivity index (χ1) is 10.2. The van der Waals surface area contributed by atoms with Crippen molar-refractivity contribution in [3.05, 3.63) is 65.2 Å². The van der Waals surface area contributed by atoms with Crippen LogP contribution in [0, 0.1) is 13.8 Å². The Hall–Kier alpha value is -1.80. The molecule has 0 aliphatic carbocycles. The highest BCUT2D eigenvalue weighted by molar-refractivity contribution is 5.39. The molecule has 0 N–H and O–H groups in total. The molecular weight excluding hydrogens is 258 g/mol. The average Bonchev–Trinajstić information content (AvgIpc) is 3.26. The SMILES string of the molecule is Cc1cccc(C)c1OC[C@@H]1CN1[C@H](C)c1ccccc1. The second-order valence-electron chi connectivity index (χ2n) is 5.97. The fourth-order valence-corrected chi connectivity index (χ4v) is 2.95. The van der Waals surface area contributed by atoms with Crippen LogP contribution in [0.5, 0.6) is 5.75 Å². The first-order valence-corrected chi connectivity index (χ1v) is 7.66. The predicted octanol–water partition coefficient (Wildman–Crippen LogP) is 4.13. The Bertz CT molecular complexity index is 588. The third-order valence-corrected chi connectivity index (χ3v) is 4.37. The summed E-state index contributed by atoms with van der Waals surface area (Å²) in [5, 5.41) is 0. The summed E-state index contributed by atoms with van der Waals surface area (Å²) >= 11 is 0. The molecule has 2 heteroatoms. The van der Waals surface area contributed by atoms with Crippen molar-refractivity contribution < 1.29 is 4.74 Å². The minimum Gasteiger partial charge on any atom is -0.491 e. The molecule has 2 aromatic carbocycles. The summed E-state index contributed by atoms with van der Waals surface area (Å²) in [7, 11) is 0. The Morgan fingerprint density at radius 2 is 1.71 bits per heavy atom. The zero-order chi connectivity index (χ0) is 14.8. The maximum absolute atomic E-state index is 6.07. The lowest BCUT2D eigenvalue weighted by Gasteiger charge is -2.16. The summed E-state index contributed by atoms with van der Waals surface area (Å²) in [6.07, 6.45) is 0. The van der Waals surface area contributed by atoms with E-state index < -0.39 is 0 Å². The molecule has 0 aromatic heterocycles. The van der Waals surface area contributed by atoms with Gasteiger partial charge in [-0.05, 0) is 37.5 Å². The van der Waals surface area contributed by atoms with E-state index in [0.29, 0.717) is 12.1 Å². The molecule has 2 aromatic rings. The standard InChI is InChI=1S/C19H23NO/c1-14-8-7-9-15(2)19(14)21-13-18-12-20(18)16(3)17-10-5-4-6-11-17/h4-11,16,18H,12-13H2,1-3H3/t16-,18+,20?/m1/s1. The number of aryl methyl sites for hydroxylation is 2. The first-order valence-electron chi connectivity index (χ1n) is 7.66. The van der Waals surface area contributed by atoms with E-state index in [9.17, 15) is 0 Å². The Kier molecular flexibility index (Phi) is 3.98. The van der Waals surface area contributed by atoms with E-state index in [0.717, 1.165) is 18.9 Å². The van der Waals surface area contributed by atoms with Crippen LogP contribution in [0.4, 0.5) is 0 Å². The Balaban J connectivity index is 1.57. The van der Waals surface area contributed by atoms with Crippen LogP contribution in [0.15, 0.2) is 48.5 Å². The highest BCUT2D eigenvalue weighted by atomic mass is 16.5. The fourth-order valence-electron chi connectivity index (χ4n) is 2.95. The highest BCUT2D eigenvalue weighted by Gasteiger charge is 2.38. The number of nitrogens with zero attached hydrogens (tertiary/aromatic N) is 1. The van der Waals surface area contributed by atoms with Crippen LogP contribution in [0.2, 0.25) is 0 Å². The molecule has 0 amide bonds. The number of ether oxygens (including phenoxy) is 1. The molecule has 0 saturated carbocycles. The zero-order valence-corrected chi connectivity index (χ0v) is 13.0. The van der Waals surface area contributed by atoms with Gasteiger partial charge in [0.1, 0.15) is 12.4 Å². The molecule has 21 heavy (non-hydrogen) atoms. The van der Waals surface area contributed by atoms with Crippen molar-refractivity contribution >= 4 is 0 Å². The van der Waals surface area contributed by atoms with Gasteiger partial charge in [0.2, 0.25) is 0 Å². The van der Waals surface area contributed by atoms with Crippen molar-refractivity contribution in [2.45, 2.75) is 32.9 Å². The summed E-state index contributed by atoms with van der Waals surface area (Å²) in [6.45, 7) is 8.40. The molecular formula is C19H23NO. The lowest BCUT2D eigenvalue weighted by Crippen LogP contribution is -2.14. The molecule has 110 valence electrons. The molecule has 1 fully saturated rings. The molecule has 1 saturated heterocycles. The molecule has 3 atom stereocenters. The second kappa shape index (κ2) is 5.90. The van der Waals surface area contributed by atoms with Gasteiger partial charge in [-0.3, -0.25) is 4.90 Å². The molecule has 0 bridgehead atoms.